The van der Waals surface area contributed by atoms with E-state index in [1.54, 1.807) is 7.05 Å². The number of aromatic nitrogens is 2. The summed E-state index contributed by atoms with van der Waals surface area (Å²) >= 11 is 0. The van der Waals surface area contributed by atoms with Crippen LogP contribution in [0, 0.1) is 11.6 Å². The zero-order chi connectivity index (χ0) is 12.3. The number of rotatable bonds is 3. The molecular weight excluding hydrogens is 228 g/mol. The molecule has 6 heteroatoms. The zero-order valence-electron chi connectivity index (χ0n) is 8.95. The largest absolute Gasteiger partial charge is 0.434 e. The number of nitrogens with zero attached hydrogens (tertiary/aromatic N) is 2. The molecule has 0 atom stereocenters. The Morgan fingerprint density at radius 2 is 2.06 bits per heavy atom. The molecule has 0 saturated carbocycles. The standard InChI is InChI=1S/C11H9F2N3O/c1-14-9-5-15-6-10(16-9)17-8-4-2-3-7(12)11(8)13/h2-6H,1H3,(H,14,16). The average Bonchev–Trinajstić information content (AvgIpc) is 2.35. The van der Waals surface area contributed by atoms with Gasteiger partial charge in [0.15, 0.2) is 11.6 Å². The first-order valence-corrected chi connectivity index (χ1v) is 4.82. The number of benzene rings is 1. The minimum atomic E-state index is -1.05. The molecule has 1 aromatic heterocycles. The molecule has 2 aromatic rings. The van der Waals surface area contributed by atoms with Gasteiger partial charge in [-0.3, -0.25) is 4.98 Å². The third-order valence-corrected chi connectivity index (χ3v) is 2.00. The summed E-state index contributed by atoms with van der Waals surface area (Å²) in [6.07, 6.45) is 2.79. The Morgan fingerprint density at radius 1 is 1.24 bits per heavy atom. The van der Waals surface area contributed by atoms with Crippen LogP contribution in [0.2, 0.25) is 0 Å². The normalized spacial score (nSPS) is 10.1. The van der Waals surface area contributed by atoms with E-state index in [0.717, 1.165) is 6.07 Å². The molecule has 0 spiro atoms. The van der Waals surface area contributed by atoms with Crippen molar-refractivity contribution in [2.75, 3.05) is 12.4 Å². The number of hydrogen-bond donors (Lipinski definition) is 1. The lowest BCUT2D eigenvalue weighted by Crippen LogP contribution is -1.97. The molecule has 1 aromatic carbocycles. The maximum Gasteiger partial charge on any atom is 0.239 e. The van der Waals surface area contributed by atoms with Gasteiger partial charge in [0.1, 0.15) is 5.82 Å². The molecule has 0 bridgehead atoms. The fourth-order valence-electron chi connectivity index (χ4n) is 1.19. The Hall–Kier alpha value is -2.24. The van der Waals surface area contributed by atoms with Crippen LogP contribution in [0.15, 0.2) is 30.6 Å². The van der Waals surface area contributed by atoms with Gasteiger partial charge in [-0.05, 0) is 12.1 Å². The van der Waals surface area contributed by atoms with Gasteiger partial charge in [-0.2, -0.15) is 9.37 Å². The molecule has 0 aliphatic rings. The highest BCUT2D eigenvalue weighted by atomic mass is 19.2. The summed E-state index contributed by atoms with van der Waals surface area (Å²) in [6.45, 7) is 0. The van der Waals surface area contributed by atoms with E-state index in [9.17, 15) is 8.78 Å². The molecule has 2 rings (SSSR count). The number of hydrogen-bond acceptors (Lipinski definition) is 4. The summed E-state index contributed by atoms with van der Waals surface area (Å²) < 4.78 is 31.3. The summed E-state index contributed by atoms with van der Waals surface area (Å²) in [4.78, 5) is 7.81. The van der Waals surface area contributed by atoms with Gasteiger partial charge in [0.05, 0.1) is 12.4 Å². The zero-order valence-corrected chi connectivity index (χ0v) is 8.95. The maximum absolute atomic E-state index is 13.3. The summed E-state index contributed by atoms with van der Waals surface area (Å²) in [7, 11) is 1.66. The van der Waals surface area contributed by atoms with Crippen LogP contribution < -0.4 is 10.1 Å². The first-order chi connectivity index (χ1) is 8.20. The molecular formula is C11H9F2N3O. The van der Waals surface area contributed by atoms with E-state index in [1.165, 1.54) is 24.5 Å². The van der Waals surface area contributed by atoms with Gasteiger partial charge in [0.2, 0.25) is 11.7 Å². The first-order valence-electron chi connectivity index (χ1n) is 4.82. The lowest BCUT2D eigenvalue weighted by Gasteiger charge is -2.06. The second kappa shape index (κ2) is 4.73. The van der Waals surface area contributed by atoms with Crippen LogP contribution in [0.25, 0.3) is 0 Å². The van der Waals surface area contributed by atoms with Crippen LogP contribution >= 0.6 is 0 Å². The van der Waals surface area contributed by atoms with E-state index in [2.05, 4.69) is 15.3 Å². The SMILES string of the molecule is CNc1cncc(Oc2cccc(F)c2F)n1. The van der Waals surface area contributed by atoms with Gasteiger partial charge >= 0.3 is 0 Å². The molecule has 0 radical (unpaired) electrons. The highest BCUT2D eigenvalue weighted by molar-refractivity contribution is 5.34. The Morgan fingerprint density at radius 3 is 2.82 bits per heavy atom. The molecule has 1 N–H and O–H groups in total. The van der Waals surface area contributed by atoms with Crippen LogP contribution in [0.1, 0.15) is 0 Å². The first kappa shape index (κ1) is 11.3. The van der Waals surface area contributed by atoms with Gasteiger partial charge in [-0.15, -0.1) is 0 Å². The molecule has 0 fully saturated rings. The van der Waals surface area contributed by atoms with Gasteiger partial charge in [-0.25, -0.2) is 4.39 Å². The second-order valence-electron chi connectivity index (χ2n) is 3.15. The quantitative estimate of drug-likeness (QED) is 0.891. The lowest BCUT2D eigenvalue weighted by molar-refractivity contribution is 0.404. The lowest BCUT2D eigenvalue weighted by atomic mass is 10.3. The van der Waals surface area contributed by atoms with Crippen molar-refractivity contribution < 1.29 is 13.5 Å². The highest BCUT2D eigenvalue weighted by Crippen LogP contribution is 2.24. The van der Waals surface area contributed by atoms with Crippen LogP contribution in [0.4, 0.5) is 14.6 Å². The van der Waals surface area contributed by atoms with Crippen molar-refractivity contribution >= 4 is 5.82 Å². The van der Waals surface area contributed by atoms with Gasteiger partial charge in [-0.1, -0.05) is 6.07 Å². The molecule has 0 unspecified atom stereocenters. The van der Waals surface area contributed by atoms with Crippen LogP contribution in [0.5, 0.6) is 11.6 Å². The van der Waals surface area contributed by atoms with E-state index >= 15 is 0 Å². The van der Waals surface area contributed by atoms with Crippen molar-refractivity contribution in [3.8, 4) is 11.6 Å². The molecule has 17 heavy (non-hydrogen) atoms. The topological polar surface area (TPSA) is 47.0 Å². The maximum atomic E-state index is 13.3. The van der Waals surface area contributed by atoms with Crippen molar-refractivity contribution in [3.05, 3.63) is 42.2 Å². The number of anilines is 1. The third-order valence-electron chi connectivity index (χ3n) is 2.00. The van der Waals surface area contributed by atoms with E-state index in [4.69, 9.17) is 4.74 Å². The Kier molecular flexibility index (Phi) is 3.13. The van der Waals surface area contributed by atoms with Gasteiger partial charge in [0, 0.05) is 7.05 Å². The Labute approximate surface area is 96.3 Å². The highest BCUT2D eigenvalue weighted by Gasteiger charge is 2.10. The van der Waals surface area contributed by atoms with Crippen molar-refractivity contribution in [2.24, 2.45) is 0 Å². The second-order valence-corrected chi connectivity index (χ2v) is 3.15. The van der Waals surface area contributed by atoms with E-state index in [0.29, 0.717) is 5.82 Å². The molecule has 4 nitrogen and oxygen atoms in total. The van der Waals surface area contributed by atoms with E-state index in [-0.39, 0.29) is 11.6 Å². The summed E-state index contributed by atoms with van der Waals surface area (Å²) in [5.74, 6) is -1.70. The van der Waals surface area contributed by atoms with Crippen LogP contribution in [-0.4, -0.2) is 17.0 Å². The Balaban J connectivity index is 2.28. The fraction of sp³-hybridized carbons (Fsp3) is 0.0909. The predicted octanol–water partition coefficient (Wildman–Crippen LogP) is 2.59. The fourth-order valence-corrected chi connectivity index (χ4v) is 1.19. The van der Waals surface area contributed by atoms with Crippen molar-refractivity contribution in [1.82, 2.24) is 9.97 Å². The van der Waals surface area contributed by atoms with Crippen molar-refractivity contribution in [1.29, 1.82) is 0 Å². The predicted molar refractivity (Wildman–Crippen MR) is 58.0 cm³/mol. The number of nitrogens with one attached hydrogen (secondary N) is 1. The smallest absolute Gasteiger partial charge is 0.239 e. The summed E-state index contributed by atoms with van der Waals surface area (Å²) in [5, 5.41) is 2.76. The summed E-state index contributed by atoms with van der Waals surface area (Å²) in [6, 6.07) is 3.67. The van der Waals surface area contributed by atoms with Crippen LogP contribution in [0.3, 0.4) is 0 Å². The monoisotopic (exact) mass is 237 g/mol. The van der Waals surface area contributed by atoms with Crippen molar-refractivity contribution in [2.45, 2.75) is 0 Å². The Bertz CT molecular complexity index is 534. The van der Waals surface area contributed by atoms with Gasteiger partial charge in [0.25, 0.3) is 0 Å². The molecule has 1 heterocycles. The number of ether oxygens (including phenoxy) is 1. The third kappa shape index (κ3) is 2.47. The van der Waals surface area contributed by atoms with Crippen molar-refractivity contribution in [3.63, 3.8) is 0 Å². The van der Waals surface area contributed by atoms with Gasteiger partial charge < -0.3 is 10.1 Å². The molecule has 88 valence electrons. The molecule has 0 saturated heterocycles. The average molecular weight is 237 g/mol. The van der Waals surface area contributed by atoms with Crippen LogP contribution in [-0.2, 0) is 0 Å². The minimum absolute atomic E-state index is 0.0846. The molecule has 0 aliphatic heterocycles. The van der Waals surface area contributed by atoms with E-state index in [1.807, 2.05) is 0 Å². The van der Waals surface area contributed by atoms with E-state index < -0.39 is 11.6 Å². The number of halogens is 2. The minimum Gasteiger partial charge on any atom is -0.434 e. The summed E-state index contributed by atoms with van der Waals surface area (Å²) in [5.41, 5.74) is 0. The molecule has 0 amide bonds. The molecule has 0 aliphatic carbocycles.